The number of rotatable bonds is 1. The summed E-state index contributed by atoms with van der Waals surface area (Å²) in [5, 5.41) is 3.36. The van der Waals surface area contributed by atoms with E-state index in [4.69, 9.17) is 0 Å². The second-order valence-electron chi connectivity index (χ2n) is 3.53. The van der Waals surface area contributed by atoms with Gasteiger partial charge in [0.25, 0.3) is 0 Å². The fourth-order valence-electron chi connectivity index (χ4n) is 1.97. The van der Waals surface area contributed by atoms with Crippen LogP contribution in [0.15, 0.2) is 0 Å². The standard InChI is InChI=1S/C8H16N2OS/c11-12-5-3-10(4-6-12)8-1-2-9-7-8/h8-9H,1-7H2. The Labute approximate surface area is 76.7 Å². The van der Waals surface area contributed by atoms with Gasteiger partial charge < -0.3 is 9.87 Å². The van der Waals surface area contributed by atoms with Gasteiger partial charge in [-0.3, -0.25) is 4.90 Å². The van der Waals surface area contributed by atoms with Crippen molar-refractivity contribution in [3.63, 3.8) is 0 Å². The van der Waals surface area contributed by atoms with Crippen molar-refractivity contribution in [2.45, 2.75) is 12.5 Å². The van der Waals surface area contributed by atoms with Crippen LogP contribution in [0.5, 0.6) is 0 Å². The first kappa shape index (κ1) is 8.81. The average Bonchev–Trinajstić information content (AvgIpc) is 2.58. The van der Waals surface area contributed by atoms with Gasteiger partial charge in [-0.15, -0.1) is 0 Å². The molecule has 0 saturated carbocycles. The molecule has 70 valence electrons. The summed E-state index contributed by atoms with van der Waals surface area (Å²) >= 11 is -0.523. The smallest absolute Gasteiger partial charge is 0.118 e. The minimum atomic E-state index is -0.523. The maximum absolute atomic E-state index is 11.1. The highest BCUT2D eigenvalue weighted by molar-refractivity contribution is 7.91. The van der Waals surface area contributed by atoms with Gasteiger partial charge in [-0.2, -0.15) is 0 Å². The minimum Gasteiger partial charge on any atom is -0.616 e. The Balaban J connectivity index is 1.80. The molecular weight excluding hydrogens is 172 g/mol. The van der Waals surface area contributed by atoms with Crippen LogP contribution in [0.25, 0.3) is 0 Å². The number of nitrogens with one attached hydrogen (secondary N) is 1. The first-order valence-electron chi connectivity index (χ1n) is 4.66. The Morgan fingerprint density at radius 1 is 1.33 bits per heavy atom. The Kier molecular flexibility index (Phi) is 2.91. The zero-order valence-electron chi connectivity index (χ0n) is 7.29. The third kappa shape index (κ3) is 1.93. The molecule has 3 nitrogen and oxygen atoms in total. The number of hydrogen-bond acceptors (Lipinski definition) is 3. The predicted octanol–water partition coefficient (Wildman–Crippen LogP) is -0.587. The lowest BCUT2D eigenvalue weighted by atomic mass is 10.2. The van der Waals surface area contributed by atoms with E-state index in [2.05, 4.69) is 10.2 Å². The van der Waals surface area contributed by atoms with Crippen molar-refractivity contribution in [1.82, 2.24) is 10.2 Å². The summed E-state index contributed by atoms with van der Waals surface area (Å²) < 4.78 is 11.1. The van der Waals surface area contributed by atoms with Crippen molar-refractivity contribution in [2.24, 2.45) is 0 Å². The molecule has 2 fully saturated rings. The summed E-state index contributed by atoms with van der Waals surface area (Å²) in [7, 11) is 0. The van der Waals surface area contributed by atoms with Crippen molar-refractivity contribution >= 4 is 11.2 Å². The van der Waals surface area contributed by atoms with E-state index in [-0.39, 0.29) is 0 Å². The number of hydrogen-bond donors (Lipinski definition) is 1. The highest BCUT2D eigenvalue weighted by atomic mass is 32.2. The molecule has 1 unspecified atom stereocenters. The Morgan fingerprint density at radius 3 is 2.67 bits per heavy atom. The average molecular weight is 188 g/mol. The summed E-state index contributed by atoms with van der Waals surface area (Å²) in [5.41, 5.74) is 0. The molecule has 12 heavy (non-hydrogen) atoms. The molecule has 2 saturated heterocycles. The zero-order valence-corrected chi connectivity index (χ0v) is 8.11. The van der Waals surface area contributed by atoms with Crippen molar-refractivity contribution in [3.05, 3.63) is 0 Å². The monoisotopic (exact) mass is 188 g/mol. The Hall–Kier alpha value is 0.230. The minimum absolute atomic E-state index is 0.523. The third-order valence-electron chi connectivity index (χ3n) is 2.76. The summed E-state index contributed by atoms with van der Waals surface area (Å²) in [6.07, 6.45) is 1.27. The van der Waals surface area contributed by atoms with Gasteiger partial charge in [-0.25, -0.2) is 0 Å². The zero-order chi connectivity index (χ0) is 8.39. The van der Waals surface area contributed by atoms with E-state index in [1.807, 2.05) is 0 Å². The highest BCUT2D eigenvalue weighted by Gasteiger charge is 2.27. The third-order valence-corrected chi connectivity index (χ3v) is 4.04. The lowest BCUT2D eigenvalue weighted by Gasteiger charge is -2.32. The van der Waals surface area contributed by atoms with Crippen LogP contribution in [0.2, 0.25) is 0 Å². The number of nitrogens with zero attached hydrogens (tertiary/aromatic N) is 1. The van der Waals surface area contributed by atoms with E-state index >= 15 is 0 Å². The molecule has 0 aromatic carbocycles. The molecule has 2 aliphatic heterocycles. The van der Waals surface area contributed by atoms with Gasteiger partial charge in [0.15, 0.2) is 0 Å². The van der Waals surface area contributed by atoms with Crippen LogP contribution in [0.3, 0.4) is 0 Å². The fourth-order valence-corrected chi connectivity index (χ4v) is 3.05. The molecule has 4 heteroatoms. The molecular formula is C8H16N2OS. The molecule has 0 radical (unpaired) electrons. The van der Waals surface area contributed by atoms with Crippen LogP contribution in [0, 0.1) is 0 Å². The summed E-state index contributed by atoms with van der Waals surface area (Å²) in [4.78, 5) is 2.49. The SMILES string of the molecule is [O-][S+]1CCN(C2CCNC2)CC1. The van der Waals surface area contributed by atoms with Gasteiger partial charge in [0.1, 0.15) is 11.5 Å². The molecule has 2 aliphatic rings. The van der Waals surface area contributed by atoms with Crippen LogP contribution < -0.4 is 5.32 Å². The van der Waals surface area contributed by atoms with Crippen LogP contribution in [-0.4, -0.2) is 53.2 Å². The molecule has 0 aliphatic carbocycles. The van der Waals surface area contributed by atoms with E-state index in [0.717, 1.165) is 43.7 Å². The lowest BCUT2D eigenvalue weighted by molar-refractivity contribution is 0.225. The van der Waals surface area contributed by atoms with Crippen LogP contribution in [0.4, 0.5) is 0 Å². The maximum atomic E-state index is 11.1. The van der Waals surface area contributed by atoms with Gasteiger partial charge >= 0.3 is 0 Å². The van der Waals surface area contributed by atoms with Crippen LogP contribution in [0.1, 0.15) is 6.42 Å². The first-order chi connectivity index (χ1) is 5.86. The van der Waals surface area contributed by atoms with E-state index in [1.54, 1.807) is 0 Å². The van der Waals surface area contributed by atoms with Crippen LogP contribution >= 0.6 is 0 Å². The fraction of sp³-hybridized carbons (Fsp3) is 1.00. The highest BCUT2D eigenvalue weighted by Crippen LogP contribution is 2.12. The quantitative estimate of drug-likeness (QED) is 0.559. The summed E-state index contributed by atoms with van der Waals surface area (Å²) in [5.74, 6) is 1.77. The molecule has 1 N–H and O–H groups in total. The summed E-state index contributed by atoms with van der Waals surface area (Å²) in [6, 6.07) is 0.724. The lowest BCUT2D eigenvalue weighted by Crippen LogP contribution is -2.46. The Morgan fingerprint density at radius 2 is 2.08 bits per heavy atom. The second-order valence-corrected chi connectivity index (χ2v) is 5.23. The van der Waals surface area contributed by atoms with Gasteiger partial charge in [-0.05, 0) is 13.0 Å². The largest absolute Gasteiger partial charge is 0.616 e. The van der Waals surface area contributed by atoms with Crippen molar-refractivity contribution in [2.75, 3.05) is 37.7 Å². The van der Waals surface area contributed by atoms with Gasteiger partial charge in [0, 0.05) is 25.7 Å². The normalized spacial score (nSPS) is 34.2. The maximum Gasteiger partial charge on any atom is 0.118 e. The van der Waals surface area contributed by atoms with E-state index in [9.17, 15) is 4.55 Å². The van der Waals surface area contributed by atoms with E-state index in [1.165, 1.54) is 6.42 Å². The molecule has 2 rings (SSSR count). The van der Waals surface area contributed by atoms with Gasteiger partial charge in [0.05, 0.1) is 0 Å². The van der Waals surface area contributed by atoms with E-state index < -0.39 is 11.2 Å². The Bertz CT molecular complexity index is 142. The molecule has 0 spiro atoms. The van der Waals surface area contributed by atoms with E-state index in [0.29, 0.717) is 0 Å². The van der Waals surface area contributed by atoms with Gasteiger partial charge in [-0.1, -0.05) is 11.2 Å². The molecule has 1 atom stereocenters. The van der Waals surface area contributed by atoms with Crippen molar-refractivity contribution in [3.8, 4) is 0 Å². The van der Waals surface area contributed by atoms with Crippen molar-refractivity contribution < 1.29 is 4.55 Å². The second kappa shape index (κ2) is 3.96. The molecule has 2 heterocycles. The van der Waals surface area contributed by atoms with Crippen LogP contribution in [-0.2, 0) is 11.2 Å². The topological polar surface area (TPSA) is 38.3 Å². The summed E-state index contributed by atoms with van der Waals surface area (Å²) in [6.45, 7) is 4.37. The van der Waals surface area contributed by atoms with Crippen molar-refractivity contribution in [1.29, 1.82) is 0 Å². The molecule has 0 bridgehead atoms. The molecule has 0 amide bonds. The molecule has 0 aromatic rings. The predicted molar refractivity (Wildman–Crippen MR) is 50.7 cm³/mol. The molecule has 0 aromatic heterocycles. The van der Waals surface area contributed by atoms with Gasteiger partial charge in [0.2, 0.25) is 0 Å². The first-order valence-corrected chi connectivity index (χ1v) is 6.15.